The zero-order chi connectivity index (χ0) is 22.0. The first-order valence-corrected chi connectivity index (χ1v) is 11.6. The lowest BCUT2D eigenvalue weighted by Gasteiger charge is -2.39. The molecule has 0 aliphatic carbocycles. The van der Waals surface area contributed by atoms with Gasteiger partial charge in [-0.05, 0) is 49.2 Å². The molecule has 2 aliphatic heterocycles. The van der Waals surface area contributed by atoms with Gasteiger partial charge in [0.05, 0.1) is 16.0 Å². The topological polar surface area (TPSA) is 43.9 Å². The normalized spacial score (nSPS) is 19.5. The summed E-state index contributed by atoms with van der Waals surface area (Å²) in [6, 6.07) is 12.7. The van der Waals surface area contributed by atoms with Gasteiger partial charge in [0.15, 0.2) is 0 Å². The van der Waals surface area contributed by atoms with Gasteiger partial charge in [-0.1, -0.05) is 40.9 Å². The van der Waals surface area contributed by atoms with Crippen LogP contribution in [0.4, 0.5) is 5.69 Å². The maximum atomic E-state index is 13.2. The number of piperidine rings is 1. The first-order valence-electron chi connectivity index (χ1n) is 10.5. The summed E-state index contributed by atoms with van der Waals surface area (Å²) < 4.78 is 0. The highest BCUT2D eigenvalue weighted by Crippen LogP contribution is 2.26. The van der Waals surface area contributed by atoms with Crippen molar-refractivity contribution in [3.63, 3.8) is 0 Å². The number of amides is 2. The van der Waals surface area contributed by atoms with E-state index < -0.39 is 0 Å². The summed E-state index contributed by atoms with van der Waals surface area (Å²) in [6.07, 6.45) is 1.62. The molecule has 0 bridgehead atoms. The van der Waals surface area contributed by atoms with Crippen LogP contribution in [0.5, 0.6) is 0 Å². The maximum Gasteiger partial charge on any atom is 0.253 e. The van der Waals surface area contributed by atoms with E-state index in [1.54, 1.807) is 23.1 Å². The van der Waals surface area contributed by atoms with E-state index in [9.17, 15) is 9.59 Å². The van der Waals surface area contributed by atoms with Crippen molar-refractivity contribution < 1.29 is 9.59 Å². The van der Waals surface area contributed by atoms with Crippen molar-refractivity contribution in [2.24, 2.45) is 5.92 Å². The second kappa shape index (κ2) is 9.68. The van der Waals surface area contributed by atoms with E-state index in [1.165, 1.54) is 0 Å². The van der Waals surface area contributed by atoms with E-state index in [1.807, 2.05) is 29.2 Å². The third-order valence-corrected chi connectivity index (χ3v) is 6.96. The molecule has 0 radical (unpaired) electrons. The molecule has 1 unspecified atom stereocenters. The molecule has 0 saturated carbocycles. The third kappa shape index (κ3) is 5.11. The zero-order valence-electron chi connectivity index (χ0n) is 17.1. The van der Waals surface area contributed by atoms with Gasteiger partial charge in [0, 0.05) is 55.5 Å². The number of hydrogen-bond donors (Lipinski definition) is 0. The lowest BCUT2D eigenvalue weighted by molar-refractivity contribution is -0.137. The molecule has 31 heavy (non-hydrogen) atoms. The number of carbonyl (C=O) groups excluding carboxylic acids is 2. The smallest absolute Gasteiger partial charge is 0.253 e. The number of likely N-dealkylation sites (tertiary alicyclic amines) is 1. The van der Waals surface area contributed by atoms with Crippen molar-refractivity contribution in [1.82, 2.24) is 9.80 Å². The van der Waals surface area contributed by atoms with Crippen LogP contribution in [-0.4, -0.2) is 60.9 Å². The SMILES string of the molecule is O=C(c1ccc(Cl)c(Cl)c1)N1CCCC(C(=O)N2CCN(c3cccc(Cl)c3)CC2)C1. The van der Waals surface area contributed by atoms with E-state index in [0.717, 1.165) is 31.6 Å². The number of carbonyl (C=O) groups is 2. The summed E-state index contributed by atoms with van der Waals surface area (Å²) in [5, 5.41) is 1.49. The van der Waals surface area contributed by atoms with E-state index >= 15 is 0 Å². The van der Waals surface area contributed by atoms with Gasteiger partial charge >= 0.3 is 0 Å². The van der Waals surface area contributed by atoms with Gasteiger partial charge in [0.1, 0.15) is 0 Å². The van der Waals surface area contributed by atoms with Crippen LogP contribution in [0.1, 0.15) is 23.2 Å². The van der Waals surface area contributed by atoms with Crippen LogP contribution in [0.2, 0.25) is 15.1 Å². The second-order valence-corrected chi connectivity index (χ2v) is 9.26. The van der Waals surface area contributed by atoms with Crippen molar-refractivity contribution in [3.05, 3.63) is 63.1 Å². The second-order valence-electron chi connectivity index (χ2n) is 8.01. The Labute approximate surface area is 197 Å². The predicted octanol–water partition coefficient (Wildman–Crippen LogP) is 4.85. The monoisotopic (exact) mass is 479 g/mol. The summed E-state index contributed by atoms with van der Waals surface area (Å²) in [5.74, 6) is -0.141. The molecule has 2 fully saturated rings. The number of rotatable bonds is 3. The van der Waals surface area contributed by atoms with Crippen molar-refractivity contribution in [2.45, 2.75) is 12.8 Å². The Morgan fingerprint density at radius 2 is 1.61 bits per heavy atom. The largest absolute Gasteiger partial charge is 0.368 e. The van der Waals surface area contributed by atoms with Gasteiger partial charge in [-0.25, -0.2) is 0 Å². The van der Waals surface area contributed by atoms with Gasteiger partial charge in [0.25, 0.3) is 5.91 Å². The summed E-state index contributed by atoms with van der Waals surface area (Å²) in [5.41, 5.74) is 1.58. The molecule has 1 atom stereocenters. The minimum absolute atomic E-state index is 0.109. The average molecular weight is 481 g/mol. The van der Waals surface area contributed by atoms with Crippen molar-refractivity contribution in [2.75, 3.05) is 44.2 Å². The molecular formula is C23H24Cl3N3O2. The highest BCUT2D eigenvalue weighted by atomic mass is 35.5. The molecular weight excluding hydrogens is 457 g/mol. The third-order valence-electron chi connectivity index (χ3n) is 5.99. The number of benzene rings is 2. The molecule has 2 saturated heterocycles. The van der Waals surface area contributed by atoms with Crippen molar-refractivity contribution in [1.29, 1.82) is 0 Å². The Hall–Kier alpha value is -1.95. The Bertz CT molecular complexity index is 976. The highest BCUT2D eigenvalue weighted by Gasteiger charge is 2.33. The van der Waals surface area contributed by atoms with Gasteiger partial charge < -0.3 is 14.7 Å². The molecule has 0 aromatic heterocycles. The summed E-state index contributed by atoms with van der Waals surface area (Å²) in [6.45, 7) is 3.96. The number of nitrogens with zero attached hydrogens (tertiary/aromatic N) is 3. The first kappa shape index (κ1) is 22.3. The summed E-state index contributed by atoms with van der Waals surface area (Å²) >= 11 is 18.1. The molecule has 0 N–H and O–H groups in total. The minimum Gasteiger partial charge on any atom is -0.368 e. The lowest BCUT2D eigenvalue weighted by Crippen LogP contribution is -2.53. The van der Waals surface area contributed by atoms with Gasteiger partial charge in [0.2, 0.25) is 5.91 Å². The molecule has 2 aromatic rings. The van der Waals surface area contributed by atoms with Crippen LogP contribution >= 0.6 is 34.8 Å². The highest BCUT2D eigenvalue weighted by molar-refractivity contribution is 6.42. The van der Waals surface area contributed by atoms with Crippen LogP contribution in [-0.2, 0) is 4.79 Å². The van der Waals surface area contributed by atoms with Crippen LogP contribution < -0.4 is 4.90 Å². The number of hydrogen-bond acceptors (Lipinski definition) is 3. The quantitative estimate of drug-likeness (QED) is 0.631. The fourth-order valence-corrected chi connectivity index (χ4v) is 4.77. The molecule has 4 rings (SSSR count). The van der Waals surface area contributed by atoms with Crippen molar-refractivity contribution in [3.8, 4) is 0 Å². The van der Waals surface area contributed by atoms with Crippen LogP contribution in [0.3, 0.4) is 0 Å². The molecule has 0 spiro atoms. The lowest BCUT2D eigenvalue weighted by atomic mass is 9.95. The van der Waals surface area contributed by atoms with E-state index in [0.29, 0.717) is 46.8 Å². The molecule has 2 amide bonds. The maximum absolute atomic E-state index is 13.2. The number of halogens is 3. The first-order chi connectivity index (χ1) is 14.9. The molecule has 2 aliphatic rings. The number of piperazine rings is 1. The van der Waals surface area contributed by atoms with Crippen LogP contribution in [0.25, 0.3) is 0 Å². The molecule has 8 heteroatoms. The molecule has 5 nitrogen and oxygen atoms in total. The van der Waals surface area contributed by atoms with E-state index in [2.05, 4.69) is 4.90 Å². The molecule has 2 heterocycles. The Morgan fingerprint density at radius 3 is 2.32 bits per heavy atom. The fraction of sp³-hybridized carbons (Fsp3) is 0.391. The fourth-order valence-electron chi connectivity index (χ4n) is 4.29. The van der Waals surface area contributed by atoms with E-state index in [4.69, 9.17) is 34.8 Å². The Morgan fingerprint density at radius 1 is 0.839 bits per heavy atom. The van der Waals surface area contributed by atoms with Gasteiger partial charge in [-0.2, -0.15) is 0 Å². The summed E-state index contributed by atoms with van der Waals surface area (Å²) in [7, 11) is 0. The standard InChI is InChI=1S/C23H24Cl3N3O2/c24-18-4-1-5-19(14-18)27-9-11-28(12-10-27)23(31)17-3-2-8-29(15-17)22(30)16-6-7-20(25)21(26)13-16/h1,4-7,13-14,17H,2-3,8-12,15H2. The van der Waals surface area contributed by atoms with E-state index in [-0.39, 0.29) is 17.7 Å². The van der Waals surface area contributed by atoms with Gasteiger partial charge in [-0.3, -0.25) is 9.59 Å². The predicted molar refractivity (Wildman–Crippen MR) is 125 cm³/mol. The minimum atomic E-state index is -0.168. The summed E-state index contributed by atoms with van der Waals surface area (Å²) in [4.78, 5) is 32.0. The van der Waals surface area contributed by atoms with Gasteiger partial charge in [-0.15, -0.1) is 0 Å². The van der Waals surface area contributed by atoms with Crippen molar-refractivity contribution >= 4 is 52.3 Å². The molecule has 2 aromatic carbocycles. The Balaban J connectivity index is 1.35. The van der Waals surface area contributed by atoms with Crippen LogP contribution in [0, 0.1) is 5.92 Å². The Kier molecular flexibility index (Phi) is 6.95. The number of anilines is 1. The average Bonchev–Trinajstić information content (AvgIpc) is 2.80. The molecule has 164 valence electrons. The zero-order valence-corrected chi connectivity index (χ0v) is 19.3. The van der Waals surface area contributed by atoms with Crippen LogP contribution in [0.15, 0.2) is 42.5 Å².